The lowest BCUT2D eigenvalue weighted by atomic mass is 10.2. The monoisotopic (exact) mass is 170 g/mol. The predicted molar refractivity (Wildman–Crippen MR) is 54.4 cm³/mol. The van der Waals surface area contributed by atoms with Crippen molar-refractivity contribution >= 4 is 0 Å². The van der Waals surface area contributed by atoms with E-state index in [9.17, 15) is 0 Å². The molecule has 0 radical (unpaired) electrons. The van der Waals surface area contributed by atoms with E-state index in [-0.39, 0.29) is 0 Å². The highest BCUT2D eigenvalue weighted by Gasteiger charge is 1.86. The first-order chi connectivity index (χ1) is 5.91. The Labute approximate surface area is 76.8 Å². The van der Waals surface area contributed by atoms with Crippen molar-refractivity contribution in [3.8, 4) is 0 Å². The maximum Gasteiger partial charge on any atom is 0.0647 e. The van der Waals surface area contributed by atoms with Gasteiger partial charge in [-0.1, -0.05) is 45.3 Å². The highest BCUT2D eigenvalue weighted by atomic mass is 16.5. The molecule has 0 N–H and O–H groups in total. The molecule has 0 aromatic carbocycles. The summed E-state index contributed by atoms with van der Waals surface area (Å²) in [7, 11) is 0. The minimum Gasteiger partial charge on any atom is -0.377 e. The first-order valence-electron chi connectivity index (χ1n) is 5.14. The second-order valence-corrected chi connectivity index (χ2v) is 3.02. The Hall–Kier alpha value is -0.300. The third-order valence-corrected chi connectivity index (χ3v) is 1.76. The van der Waals surface area contributed by atoms with E-state index >= 15 is 0 Å². The van der Waals surface area contributed by atoms with E-state index in [2.05, 4.69) is 26.0 Å². The summed E-state index contributed by atoms with van der Waals surface area (Å²) in [6.07, 6.45) is 10.5. The Kier molecular flexibility index (Phi) is 10.4. The van der Waals surface area contributed by atoms with Crippen molar-refractivity contribution in [3.05, 3.63) is 12.2 Å². The predicted octanol–water partition coefficient (Wildman–Crippen LogP) is 3.55. The third-order valence-electron chi connectivity index (χ3n) is 1.76. The molecule has 0 aromatic rings. The van der Waals surface area contributed by atoms with Gasteiger partial charge in [0.1, 0.15) is 0 Å². The van der Waals surface area contributed by atoms with Crippen molar-refractivity contribution in [2.24, 2.45) is 0 Å². The van der Waals surface area contributed by atoms with Crippen molar-refractivity contribution in [2.45, 2.75) is 46.0 Å². The standard InChI is InChI=1S/C11H22O/c1-3-5-7-9-11-12-10-8-6-4-2/h6,8H,3-5,7,9-11H2,1-2H3. The Morgan fingerprint density at radius 2 is 1.83 bits per heavy atom. The molecule has 0 heterocycles. The normalized spacial score (nSPS) is 11.2. The molecule has 1 heteroatoms. The Balaban J connectivity index is 2.86. The van der Waals surface area contributed by atoms with E-state index in [1.807, 2.05) is 0 Å². The van der Waals surface area contributed by atoms with E-state index in [1.165, 1.54) is 25.7 Å². The third kappa shape index (κ3) is 9.70. The summed E-state index contributed by atoms with van der Waals surface area (Å²) < 4.78 is 5.40. The fraction of sp³-hybridized carbons (Fsp3) is 0.818. The van der Waals surface area contributed by atoms with E-state index in [1.54, 1.807) is 0 Å². The van der Waals surface area contributed by atoms with Crippen LogP contribution >= 0.6 is 0 Å². The molecule has 72 valence electrons. The number of hydrogen-bond donors (Lipinski definition) is 0. The number of unbranched alkanes of at least 4 members (excludes halogenated alkanes) is 3. The van der Waals surface area contributed by atoms with Crippen molar-refractivity contribution < 1.29 is 4.74 Å². The molecule has 0 atom stereocenters. The minimum absolute atomic E-state index is 0.792. The van der Waals surface area contributed by atoms with Gasteiger partial charge >= 0.3 is 0 Å². The van der Waals surface area contributed by atoms with Crippen LogP contribution in [0, 0.1) is 0 Å². The molecule has 0 aliphatic rings. The van der Waals surface area contributed by atoms with Gasteiger partial charge in [-0.05, 0) is 12.8 Å². The highest BCUT2D eigenvalue weighted by Crippen LogP contribution is 1.98. The summed E-state index contributed by atoms with van der Waals surface area (Å²) in [5.74, 6) is 0. The molecule has 0 rings (SSSR count). The van der Waals surface area contributed by atoms with Crippen molar-refractivity contribution in [3.63, 3.8) is 0 Å². The van der Waals surface area contributed by atoms with Crippen LogP contribution in [0.5, 0.6) is 0 Å². The molecule has 0 aliphatic carbocycles. The number of ether oxygens (including phenoxy) is 1. The van der Waals surface area contributed by atoms with Crippen molar-refractivity contribution in [1.82, 2.24) is 0 Å². The SMILES string of the molecule is CCC=CCOCCCCCC. The van der Waals surface area contributed by atoms with Gasteiger partial charge in [-0.25, -0.2) is 0 Å². The Morgan fingerprint density at radius 1 is 1.00 bits per heavy atom. The molecule has 0 fully saturated rings. The first kappa shape index (κ1) is 11.7. The fourth-order valence-corrected chi connectivity index (χ4v) is 1.02. The van der Waals surface area contributed by atoms with Crippen molar-refractivity contribution in [1.29, 1.82) is 0 Å². The van der Waals surface area contributed by atoms with E-state index in [4.69, 9.17) is 4.74 Å². The quantitative estimate of drug-likeness (QED) is 0.400. The van der Waals surface area contributed by atoms with Crippen LogP contribution in [0.25, 0.3) is 0 Å². The molecule has 0 amide bonds. The number of rotatable bonds is 8. The molecule has 1 nitrogen and oxygen atoms in total. The maximum absolute atomic E-state index is 5.40. The Bertz CT molecular complexity index is 97.2. The van der Waals surface area contributed by atoms with Gasteiger partial charge < -0.3 is 4.74 Å². The second-order valence-electron chi connectivity index (χ2n) is 3.02. The van der Waals surface area contributed by atoms with Crippen LogP contribution in [0.15, 0.2) is 12.2 Å². The molecule has 0 aromatic heterocycles. The zero-order chi connectivity index (χ0) is 9.07. The van der Waals surface area contributed by atoms with E-state index in [0.717, 1.165) is 19.6 Å². The summed E-state index contributed by atoms with van der Waals surface area (Å²) >= 11 is 0. The van der Waals surface area contributed by atoms with Crippen LogP contribution < -0.4 is 0 Å². The van der Waals surface area contributed by atoms with Gasteiger partial charge in [0.25, 0.3) is 0 Å². The average molecular weight is 170 g/mol. The number of hydrogen-bond acceptors (Lipinski definition) is 1. The van der Waals surface area contributed by atoms with Crippen molar-refractivity contribution in [2.75, 3.05) is 13.2 Å². The topological polar surface area (TPSA) is 9.23 Å². The van der Waals surface area contributed by atoms with E-state index < -0.39 is 0 Å². The van der Waals surface area contributed by atoms with Gasteiger partial charge in [-0.3, -0.25) is 0 Å². The molecule has 0 aliphatic heterocycles. The zero-order valence-electron chi connectivity index (χ0n) is 8.51. The van der Waals surface area contributed by atoms with Gasteiger partial charge in [-0.2, -0.15) is 0 Å². The summed E-state index contributed by atoms with van der Waals surface area (Å²) in [5.41, 5.74) is 0. The average Bonchev–Trinajstić information content (AvgIpc) is 2.10. The second kappa shape index (κ2) is 10.7. The summed E-state index contributed by atoms with van der Waals surface area (Å²) in [4.78, 5) is 0. The lowest BCUT2D eigenvalue weighted by molar-refractivity contribution is 0.157. The fourth-order valence-electron chi connectivity index (χ4n) is 1.02. The maximum atomic E-state index is 5.40. The first-order valence-corrected chi connectivity index (χ1v) is 5.14. The van der Waals surface area contributed by atoms with Crippen LogP contribution in [0.4, 0.5) is 0 Å². The van der Waals surface area contributed by atoms with E-state index in [0.29, 0.717) is 0 Å². The number of allylic oxidation sites excluding steroid dienone is 1. The molecule has 0 spiro atoms. The largest absolute Gasteiger partial charge is 0.377 e. The van der Waals surface area contributed by atoms with Crippen LogP contribution in [-0.2, 0) is 4.74 Å². The van der Waals surface area contributed by atoms with Crippen LogP contribution in [0.3, 0.4) is 0 Å². The minimum atomic E-state index is 0.792. The van der Waals surface area contributed by atoms with Crippen LogP contribution in [0.1, 0.15) is 46.0 Å². The van der Waals surface area contributed by atoms with Crippen LogP contribution in [0.2, 0.25) is 0 Å². The van der Waals surface area contributed by atoms with Crippen LogP contribution in [-0.4, -0.2) is 13.2 Å². The molecule has 0 bridgehead atoms. The molecular weight excluding hydrogens is 148 g/mol. The molecule has 0 unspecified atom stereocenters. The molecular formula is C11H22O. The van der Waals surface area contributed by atoms with Gasteiger partial charge in [0.15, 0.2) is 0 Å². The summed E-state index contributed by atoms with van der Waals surface area (Å²) in [6.45, 7) is 6.08. The van der Waals surface area contributed by atoms with Gasteiger partial charge in [0.2, 0.25) is 0 Å². The molecule has 12 heavy (non-hydrogen) atoms. The highest BCUT2D eigenvalue weighted by molar-refractivity contribution is 4.79. The molecule has 0 saturated carbocycles. The Morgan fingerprint density at radius 3 is 2.50 bits per heavy atom. The summed E-state index contributed by atoms with van der Waals surface area (Å²) in [6, 6.07) is 0. The van der Waals surface area contributed by atoms with Gasteiger partial charge in [0.05, 0.1) is 6.61 Å². The van der Waals surface area contributed by atoms with Gasteiger partial charge in [0, 0.05) is 6.61 Å². The smallest absolute Gasteiger partial charge is 0.0647 e. The molecule has 0 saturated heterocycles. The zero-order valence-corrected chi connectivity index (χ0v) is 8.51. The lowest BCUT2D eigenvalue weighted by Crippen LogP contribution is -1.93. The lowest BCUT2D eigenvalue weighted by Gasteiger charge is -1.99. The summed E-state index contributed by atoms with van der Waals surface area (Å²) in [5, 5.41) is 0. The van der Waals surface area contributed by atoms with Gasteiger partial charge in [-0.15, -0.1) is 0 Å².